The van der Waals surface area contributed by atoms with E-state index in [0.717, 1.165) is 0 Å². The van der Waals surface area contributed by atoms with Crippen LogP contribution >= 0.6 is 0 Å². The summed E-state index contributed by atoms with van der Waals surface area (Å²) in [6.45, 7) is 1.78. The molecule has 0 aliphatic carbocycles. The van der Waals surface area contributed by atoms with Crippen molar-refractivity contribution in [2.24, 2.45) is 0 Å². The number of hydrogen-bond acceptors (Lipinski definition) is 5. The Morgan fingerprint density at radius 1 is 1.21 bits per heavy atom. The first-order valence-corrected chi connectivity index (χ1v) is 6.38. The van der Waals surface area contributed by atoms with Crippen molar-refractivity contribution >= 4 is 9.84 Å². The lowest BCUT2D eigenvalue weighted by Crippen LogP contribution is -2.44. The minimum absolute atomic E-state index is 0.243. The predicted molar refractivity (Wildman–Crippen MR) is 52.9 cm³/mol. The van der Waals surface area contributed by atoms with Gasteiger partial charge in [-0.25, -0.2) is 8.42 Å². The first kappa shape index (κ1) is 11.9. The van der Waals surface area contributed by atoms with Crippen LogP contribution in [0.2, 0.25) is 0 Å². The van der Waals surface area contributed by atoms with Gasteiger partial charge in [-0.1, -0.05) is 0 Å². The summed E-state index contributed by atoms with van der Waals surface area (Å²) in [5, 5.41) is 0. The monoisotopic (exact) mass is 223 g/mol. The number of nitrogens with zero attached hydrogens (tertiary/aromatic N) is 1. The Morgan fingerprint density at radius 3 is 2.14 bits per heavy atom. The molecule has 0 amide bonds. The molecule has 84 valence electrons. The van der Waals surface area contributed by atoms with Gasteiger partial charge in [0.05, 0.1) is 11.5 Å². The maximum absolute atomic E-state index is 11.1. The van der Waals surface area contributed by atoms with Gasteiger partial charge < -0.3 is 9.47 Å². The number of methoxy groups -OCH3 is 2. The van der Waals surface area contributed by atoms with Crippen molar-refractivity contribution in [3.63, 3.8) is 0 Å². The zero-order chi connectivity index (χ0) is 10.6. The number of ether oxygens (including phenoxy) is 2. The van der Waals surface area contributed by atoms with Crippen molar-refractivity contribution in [2.75, 3.05) is 45.4 Å². The van der Waals surface area contributed by atoms with Crippen LogP contribution in [0.5, 0.6) is 0 Å². The van der Waals surface area contributed by atoms with Crippen molar-refractivity contribution in [1.29, 1.82) is 0 Å². The molecule has 0 spiro atoms. The minimum Gasteiger partial charge on any atom is -0.355 e. The maximum atomic E-state index is 11.1. The van der Waals surface area contributed by atoms with Gasteiger partial charge in [0.1, 0.15) is 0 Å². The Kier molecular flexibility index (Phi) is 4.31. The molecular weight excluding hydrogens is 206 g/mol. The molecule has 0 unspecified atom stereocenters. The van der Waals surface area contributed by atoms with Crippen LogP contribution in [0.1, 0.15) is 0 Å². The standard InChI is InChI=1S/C8H17NO4S/c1-12-8(13-2)7-9-3-5-14(10,11)6-4-9/h8H,3-7H2,1-2H3. The van der Waals surface area contributed by atoms with Gasteiger partial charge in [0, 0.05) is 33.9 Å². The van der Waals surface area contributed by atoms with Crippen LogP contribution in [0, 0.1) is 0 Å². The molecule has 0 aromatic rings. The van der Waals surface area contributed by atoms with Crippen molar-refractivity contribution in [3.05, 3.63) is 0 Å². The lowest BCUT2D eigenvalue weighted by molar-refractivity contribution is -0.115. The zero-order valence-corrected chi connectivity index (χ0v) is 9.42. The van der Waals surface area contributed by atoms with E-state index in [1.807, 2.05) is 4.90 Å². The van der Waals surface area contributed by atoms with E-state index in [1.165, 1.54) is 0 Å². The SMILES string of the molecule is COC(CN1CCS(=O)(=O)CC1)OC. The smallest absolute Gasteiger partial charge is 0.169 e. The van der Waals surface area contributed by atoms with E-state index < -0.39 is 9.84 Å². The summed E-state index contributed by atoms with van der Waals surface area (Å²) in [4.78, 5) is 2.04. The normalized spacial score (nSPS) is 22.8. The molecule has 5 nitrogen and oxygen atoms in total. The zero-order valence-electron chi connectivity index (χ0n) is 8.60. The van der Waals surface area contributed by atoms with E-state index in [9.17, 15) is 8.42 Å². The molecule has 1 aliphatic heterocycles. The second-order valence-electron chi connectivity index (χ2n) is 3.35. The highest BCUT2D eigenvalue weighted by Gasteiger charge is 2.23. The Hall–Kier alpha value is -0.170. The van der Waals surface area contributed by atoms with E-state index in [-0.39, 0.29) is 17.8 Å². The van der Waals surface area contributed by atoms with Gasteiger partial charge in [0.2, 0.25) is 0 Å². The van der Waals surface area contributed by atoms with Crippen molar-refractivity contribution in [1.82, 2.24) is 4.90 Å². The van der Waals surface area contributed by atoms with Gasteiger partial charge >= 0.3 is 0 Å². The van der Waals surface area contributed by atoms with Crippen LogP contribution in [-0.4, -0.2) is 65.0 Å². The molecule has 0 bridgehead atoms. The Labute approximate surface area is 84.9 Å². The minimum atomic E-state index is -2.79. The van der Waals surface area contributed by atoms with E-state index >= 15 is 0 Å². The molecule has 0 aromatic carbocycles. The Morgan fingerprint density at radius 2 is 1.71 bits per heavy atom. The van der Waals surface area contributed by atoms with Crippen LogP contribution in [0.15, 0.2) is 0 Å². The lowest BCUT2D eigenvalue weighted by atomic mass is 10.4. The predicted octanol–water partition coefficient (Wildman–Crippen LogP) is -0.664. The molecule has 1 fully saturated rings. The maximum Gasteiger partial charge on any atom is 0.169 e. The number of sulfone groups is 1. The highest BCUT2D eigenvalue weighted by molar-refractivity contribution is 7.91. The van der Waals surface area contributed by atoms with Gasteiger partial charge in [-0.15, -0.1) is 0 Å². The van der Waals surface area contributed by atoms with Crippen LogP contribution < -0.4 is 0 Å². The van der Waals surface area contributed by atoms with Crippen LogP contribution in [0.25, 0.3) is 0 Å². The molecule has 0 aromatic heterocycles. The third-order valence-electron chi connectivity index (χ3n) is 2.37. The number of rotatable bonds is 4. The second-order valence-corrected chi connectivity index (χ2v) is 5.66. The molecular formula is C8H17NO4S. The second kappa shape index (κ2) is 5.06. The molecule has 1 saturated heterocycles. The summed E-state index contributed by atoms with van der Waals surface area (Å²) < 4.78 is 32.3. The highest BCUT2D eigenvalue weighted by atomic mass is 32.2. The van der Waals surface area contributed by atoms with Crippen molar-refractivity contribution < 1.29 is 17.9 Å². The summed E-state index contributed by atoms with van der Waals surface area (Å²) in [5.74, 6) is 0.486. The average molecular weight is 223 g/mol. The first-order chi connectivity index (χ1) is 6.57. The molecule has 1 heterocycles. The van der Waals surface area contributed by atoms with Crippen LogP contribution in [-0.2, 0) is 19.3 Å². The Balaban J connectivity index is 2.35. The fourth-order valence-corrected chi connectivity index (χ4v) is 2.67. The van der Waals surface area contributed by atoms with Gasteiger partial charge in [0.25, 0.3) is 0 Å². The van der Waals surface area contributed by atoms with Crippen molar-refractivity contribution in [2.45, 2.75) is 6.29 Å². The molecule has 14 heavy (non-hydrogen) atoms. The van der Waals surface area contributed by atoms with Gasteiger partial charge in [-0.2, -0.15) is 0 Å². The highest BCUT2D eigenvalue weighted by Crippen LogP contribution is 2.05. The molecule has 0 N–H and O–H groups in total. The summed E-state index contributed by atoms with van der Waals surface area (Å²) >= 11 is 0. The van der Waals surface area contributed by atoms with Gasteiger partial charge in [-0.05, 0) is 0 Å². The summed E-state index contributed by atoms with van der Waals surface area (Å²) in [6.07, 6.45) is -0.268. The van der Waals surface area contributed by atoms with Crippen molar-refractivity contribution in [3.8, 4) is 0 Å². The lowest BCUT2D eigenvalue weighted by Gasteiger charge is -2.28. The fourth-order valence-electron chi connectivity index (χ4n) is 1.39. The van der Waals surface area contributed by atoms with E-state index in [1.54, 1.807) is 14.2 Å². The molecule has 1 aliphatic rings. The molecule has 0 radical (unpaired) electrons. The third kappa shape index (κ3) is 3.53. The average Bonchev–Trinajstić information content (AvgIpc) is 2.16. The fraction of sp³-hybridized carbons (Fsp3) is 1.00. The van der Waals surface area contributed by atoms with E-state index in [4.69, 9.17) is 9.47 Å². The quantitative estimate of drug-likeness (QED) is 0.592. The topological polar surface area (TPSA) is 55.8 Å². The van der Waals surface area contributed by atoms with Gasteiger partial charge in [-0.3, -0.25) is 4.90 Å². The summed E-state index contributed by atoms with van der Waals surface area (Å²) in [5.41, 5.74) is 0. The first-order valence-electron chi connectivity index (χ1n) is 4.56. The van der Waals surface area contributed by atoms with E-state index in [0.29, 0.717) is 19.6 Å². The molecule has 1 rings (SSSR count). The van der Waals surface area contributed by atoms with Gasteiger partial charge in [0.15, 0.2) is 16.1 Å². The number of hydrogen-bond donors (Lipinski definition) is 0. The van der Waals surface area contributed by atoms with Crippen LogP contribution in [0.4, 0.5) is 0 Å². The summed E-state index contributed by atoms with van der Waals surface area (Å²) in [7, 11) is 0.368. The molecule has 0 saturated carbocycles. The largest absolute Gasteiger partial charge is 0.355 e. The summed E-state index contributed by atoms with van der Waals surface area (Å²) in [6, 6.07) is 0. The Bertz CT molecular complexity index is 247. The van der Waals surface area contributed by atoms with E-state index in [2.05, 4.69) is 0 Å². The van der Waals surface area contributed by atoms with Crippen LogP contribution in [0.3, 0.4) is 0 Å². The molecule has 6 heteroatoms. The molecule has 0 atom stereocenters. The third-order valence-corrected chi connectivity index (χ3v) is 3.98.